The van der Waals surface area contributed by atoms with Crippen LogP contribution in [0.5, 0.6) is 0 Å². The Morgan fingerprint density at radius 2 is 1.73 bits per heavy atom. The van der Waals surface area contributed by atoms with Gasteiger partial charge >= 0.3 is 0 Å². The van der Waals surface area contributed by atoms with Gasteiger partial charge in [-0.15, -0.1) is 0 Å². The standard InChI is InChI=1S/C20H27NO4S/c1-12-7-13(2)18(14(3)8-12)19-17(22)10-16(20(19)23)9-15-5-6-21(11-15)26(4,24)25/h7-8,15-16,19H,5-6,9-11H2,1-4H3. The van der Waals surface area contributed by atoms with Crippen LogP contribution in [0.3, 0.4) is 0 Å². The van der Waals surface area contributed by atoms with Crippen molar-refractivity contribution in [2.45, 2.75) is 46.0 Å². The molecule has 1 aromatic carbocycles. The summed E-state index contributed by atoms with van der Waals surface area (Å²) in [4.78, 5) is 25.7. The number of rotatable bonds is 4. The topological polar surface area (TPSA) is 71.5 Å². The van der Waals surface area contributed by atoms with Gasteiger partial charge in [-0.05, 0) is 56.2 Å². The third kappa shape index (κ3) is 3.62. The van der Waals surface area contributed by atoms with Crippen molar-refractivity contribution >= 4 is 21.6 Å². The van der Waals surface area contributed by atoms with Crippen LogP contribution in [-0.4, -0.2) is 43.6 Å². The molecule has 0 spiro atoms. The molecule has 1 saturated heterocycles. The Labute approximate surface area is 155 Å². The van der Waals surface area contributed by atoms with E-state index >= 15 is 0 Å². The van der Waals surface area contributed by atoms with Gasteiger partial charge in [0.25, 0.3) is 0 Å². The zero-order valence-electron chi connectivity index (χ0n) is 15.9. The van der Waals surface area contributed by atoms with E-state index in [1.807, 2.05) is 32.9 Å². The second-order valence-corrected chi connectivity index (χ2v) is 10.0. The largest absolute Gasteiger partial charge is 0.298 e. The molecule has 0 radical (unpaired) electrons. The molecule has 3 unspecified atom stereocenters. The van der Waals surface area contributed by atoms with E-state index in [9.17, 15) is 18.0 Å². The van der Waals surface area contributed by atoms with Gasteiger partial charge in [-0.3, -0.25) is 9.59 Å². The molecule has 1 aliphatic heterocycles. The van der Waals surface area contributed by atoms with Gasteiger partial charge in [0, 0.05) is 25.4 Å². The van der Waals surface area contributed by atoms with E-state index < -0.39 is 15.9 Å². The second kappa shape index (κ2) is 6.89. The van der Waals surface area contributed by atoms with Crippen LogP contribution >= 0.6 is 0 Å². The summed E-state index contributed by atoms with van der Waals surface area (Å²) in [7, 11) is -3.18. The van der Waals surface area contributed by atoms with E-state index in [4.69, 9.17) is 0 Å². The van der Waals surface area contributed by atoms with Crippen molar-refractivity contribution in [3.63, 3.8) is 0 Å². The van der Waals surface area contributed by atoms with Gasteiger partial charge in [-0.1, -0.05) is 17.7 Å². The molecule has 26 heavy (non-hydrogen) atoms. The number of carbonyl (C=O) groups is 2. The molecule has 1 saturated carbocycles. The van der Waals surface area contributed by atoms with Gasteiger partial charge in [0.1, 0.15) is 11.7 Å². The molecular formula is C20H27NO4S. The first-order valence-electron chi connectivity index (χ1n) is 9.17. The summed E-state index contributed by atoms with van der Waals surface area (Å²) in [6.45, 7) is 6.91. The van der Waals surface area contributed by atoms with Crippen molar-refractivity contribution < 1.29 is 18.0 Å². The van der Waals surface area contributed by atoms with Crippen molar-refractivity contribution in [2.75, 3.05) is 19.3 Å². The molecule has 0 amide bonds. The lowest BCUT2D eigenvalue weighted by Crippen LogP contribution is -2.28. The molecule has 1 aliphatic carbocycles. The van der Waals surface area contributed by atoms with E-state index in [0.29, 0.717) is 19.5 Å². The van der Waals surface area contributed by atoms with Gasteiger partial charge in [0.15, 0.2) is 5.78 Å². The summed E-state index contributed by atoms with van der Waals surface area (Å²) in [5.74, 6) is -0.744. The molecule has 1 heterocycles. The average Bonchev–Trinajstić information content (AvgIpc) is 3.07. The third-order valence-corrected chi connectivity index (χ3v) is 7.09. The SMILES string of the molecule is Cc1cc(C)c(C2C(=O)CC(CC3CCN(S(C)(=O)=O)C3)C2=O)c(C)c1. The lowest BCUT2D eigenvalue weighted by Gasteiger charge is -2.18. The van der Waals surface area contributed by atoms with Gasteiger partial charge in [-0.2, -0.15) is 0 Å². The molecule has 6 heteroatoms. The van der Waals surface area contributed by atoms with Crippen LogP contribution in [0.25, 0.3) is 0 Å². The highest BCUT2D eigenvalue weighted by Gasteiger charge is 2.44. The first kappa shape index (κ1) is 19.2. The summed E-state index contributed by atoms with van der Waals surface area (Å²) in [6, 6.07) is 4.05. The fourth-order valence-electron chi connectivity index (χ4n) is 4.70. The van der Waals surface area contributed by atoms with E-state index in [1.165, 1.54) is 10.6 Å². The number of hydrogen-bond donors (Lipinski definition) is 0. The van der Waals surface area contributed by atoms with Crippen LogP contribution < -0.4 is 0 Å². The van der Waals surface area contributed by atoms with Gasteiger partial charge in [0.05, 0.1) is 6.26 Å². The minimum absolute atomic E-state index is 0.00743. The summed E-state index contributed by atoms with van der Waals surface area (Å²) < 4.78 is 24.8. The zero-order chi connectivity index (χ0) is 19.2. The Morgan fingerprint density at radius 1 is 1.12 bits per heavy atom. The van der Waals surface area contributed by atoms with Crippen molar-refractivity contribution in [3.8, 4) is 0 Å². The van der Waals surface area contributed by atoms with Gasteiger partial charge < -0.3 is 0 Å². The van der Waals surface area contributed by atoms with Crippen LogP contribution in [0.1, 0.15) is 47.4 Å². The summed E-state index contributed by atoms with van der Waals surface area (Å²) in [6.07, 6.45) is 2.87. The van der Waals surface area contributed by atoms with Crippen molar-refractivity contribution in [2.24, 2.45) is 11.8 Å². The molecular weight excluding hydrogens is 350 g/mol. The van der Waals surface area contributed by atoms with Crippen molar-refractivity contribution in [3.05, 3.63) is 34.4 Å². The molecule has 142 valence electrons. The van der Waals surface area contributed by atoms with Crippen LogP contribution in [0.2, 0.25) is 0 Å². The van der Waals surface area contributed by atoms with Crippen molar-refractivity contribution in [1.82, 2.24) is 4.31 Å². The fourth-order valence-corrected chi connectivity index (χ4v) is 5.62. The van der Waals surface area contributed by atoms with Crippen LogP contribution in [0.15, 0.2) is 12.1 Å². The van der Waals surface area contributed by atoms with Crippen molar-refractivity contribution in [1.29, 1.82) is 0 Å². The monoisotopic (exact) mass is 377 g/mol. The minimum atomic E-state index is -3.18. The first-order chi connectivity index (χ1) is 12.1. The van der Waals surface area contributed by atoms with E-state index in [2.05, 4.69) is 0 Å². The molecule has 1 aromatic rings. The number of carbonyl (C=O) groups excluding carboxylic acids is 2. The van der Waals surface area contributed by atoms with Gasteiger partial charge in [0.2, 0.25) is 10.0 Å². The molecule has 2 fully saturated rings. The number of nitrogens with zero attached hydrogens (tertiary/aromatic N) is 1. The highest BCUT2D eigenvalue weighted by atomic mass is 32.2. The number of hydrogen-bond acceptors (Lipinski definition) is 4. The molecule has 0 bridgehead atoms. The lowest BCUT2D eigenvalue weighted by atomic mass is 9.85. The average molecular weight is 378 g/mol. The van der Waals surface area contributed by atoms with Gasteiger partial charge in [-0.25, -0.2) is 12.7 Å². The highest BCUT2D eigenvalue weighted by molar-refractivity contribution is 7.88. The zero-order valence-corrected chi connectivity index (χ0v) is 16.7. The maximum absolute atomic E-state index is 13.0. The Bertz CT molecular complexity index is 836. The fraction of sp³-hybridized carbons (Fsp3) is 0.600. The number of benzene rings is 1. The van der Waals surface area contributed by atoms with E-state index in [0.717, 1.165) is 28.7 Å². The smallest absolute Gasteiger partial charge is 0.211 e. The summed E-state index contributed by atoms with van der Waals surface area (Å²) >= 11 is 0. The highest BCUT2D eigenvalue weighted by Crippen LogP contribution is 2.39. The molecule has 3 rings (SSSR count). The maximum atomic E-state index is 13.0. The lowest BCUT2D eigenvalue weighted by molar-refractivity contribution is -0.125. The Hall–Kier alpha value is -1.53. The quantitative estimate of drug-likeness (QED) is 0.756. The number of Topliss-reactive ketones (excluding diaryl/α,β-unsaturated/α-hetero) is 2. The predicted octanol–water partition coefficient (Wildman–Crippen LogP) is 2.53. The third-order valence-electron chi connectivity index (χ3n) is 5.82. The molecule has 0 N–H and O–H groups in total. The normalized spacial score (nSPS) is 27.5. The van der Waals surface area contributed by atoms with Crippen LogP contribution in [0, 0.1) is 32.6 Å². The summed E-state index contributed by atoms with van der Waals surface area (Å²) in [5.41, 5.74) is 4.00. The maximum Gasteiger partial charge on any atom is 0.211 e. The number of aryl methyl sites for hydroxylation is 3. The molecule has 3 atom stereocenters. The van der Waals surface area contributed by atoms with Crippen LogP contribution in [-0.2, 0) is 19.6 Å². The minimum Gasteiger partial charge on any atom is -0.298 e. The van der Waals surface area contributed by atoms with Crippen LogP contribution in [0.4, 0.5) is 0 Å². The first-order valence-corrected chi connectivity index (χ1v) is 11.0. The van der Waals surface area contributed by atoms with E-state index in [1.54, 1.807) is 0 Å². The Kier molecular flexibility index (Phi) is 5.10. The molecule has 2 aliphatic rings. The number of sulfonamides is 1. The molecule has 0 aromatic heterocycles. The van der Waals surface area contributed by atoms with E-state index in [-0.39, 0.29) is 29.8 Å². The molecule has 5 nitrogen and oxygen atoms in total. The Balaban J connectivity index is 1.76. The predicted molar refractivity (Wildman–Crippen MR) is 101 cm³/mol. The second-order valence-electron chi connectivity index (χ2n) is 8.03. The Morgan fingerprint density at radius 3 is 2.27 bits per heavy atom. The summed E-state index contributed by atoms with van der Waals surface area (Å²) in [5, 5.41) is 0. The number of ketones is 2.